The van der Waals surface area contributed by atoms with E-state index < -0.39 is 0 Å². The highest BCUT2D eigenvalue weighted by atomic mass is 15.3. The van der Waals surface area contributed by atoms with Crippen molar-refractivity contribution in [2.45, 2.75) is 32.4 Å². The first-order chi connectivity index (χ1) is 9.30. The van der Waals surface area contributed by atoms with E-state index in [1.165, 1.54) is 0 Å². The number of likely N-dealkylation sites (N-methyl/N-ethyl adjacent to an activating group) is 1. The second-order valence-electron chi connectivity index (χ2n) is 5.01. The van der Waals surface area contributed by atoms with Gasteiger partial charge in [-0.3, -0.25) is 9.88 Å². The Morgan fingerprint density at radius 3 is 2.89 bits per heavy atom. The third-order valence-corrected chi connectivity index (χ3v) is 3.98. The third kappa shape index (κ3) is 3.12. The van der Waals surface area contributed by atoms with Gasteiger partial charge in [-0.15, -0.1) is 0 Å². The zero-order valence-electron chi connectivity index (χ0n) is 11.8. The molecule has 0 bridgehead atoms. The zero-order valence-corrected chi connectivity index (χ0v) is 11.8. The highest BCUT2D eigenvalue weighted by Crippen LogP contribution is 2.25. The second-order valence-corrected chi connectivity index (χ2v) is 5.01. The van der Waals surface area contributed by atoms with E-state index in [9.17, 15) is 5.26 Å². The van der Waals surface area contributed by atoms with Gasteiger partial charge < -0.3 is 4.90 Å². The molecule has 1 fully saturated rings. The molecule has 4 nitrogen and oxygen atoms in total. The van der Waals surface area contributed by atoms with Crippen LogP contribution in [-0.4, -0.2) is 47.0 Å². The summed E-state index contributed by atoms with van der Waals surface area (Å²) in [5.41, 5.74) is 1.01. The van der Waals surface area contributed by atoms with Gasteiger partial charge in [-0.2, -0.15) is 5.26 Å². The van der Waals surface area contributed by atoms with Crippen molar-refractivity contribution in [3.05, 3.63) is 30.1 Å². The summed E-state index contributed by atoms with van der Waals surface area (Å²) in [6.07, 6.45) is 4.64. The molecule has 2 atom stereocenters. The molecule has 0 radical (unpaired) electrons. The van der Waals surface area contributed by atoms with Crippen molar-refractivity contribution in [1.29, 1.82) is 5.26 Å². The molecule has 0 aliphatic carbocycles. The van der Waals surface area contributed by atoms with Crippen LogP contribution in [0.4, 0.5) is 0 Å². The summed E-state index contributed by atoms with van der Waals surface area (Å²) in [6, 6.07) is 6.65. The van der Waals surface area contributed by atoms with Crippen molar-refractivity contribution < 1.29 is 0 Å². The molecule has 1 aromatic heterocycles. The normalized spacial score (nSPS) is 22.9. The first-order valence-electron chi connectivity index (χ1n) is 7.07. The van der Waals surface area contributed by atoms with Gasteiger partial charge in [0.25, 0.3) is 0 Å². The molecule has 4 heteroatoms. The van der Waals surface area contributed by atoms with Crippen molar-refractivity contribution in [2.24, 2.45) is 0 Å². The van der Waals surface area contributed by atoms with E-state index in [-0.39, 0.29) is 6.04 Å². The van der Waals surface area contributed by atoms with Gasteiger partial charge in [0.1, 0.15) is 6.04 Å². The van der Waals surface area contributed by atoms with Crippen molar-refractivity contribution >= 4 is 0 Å². The monoisotopic (exact) mass is 258 g/mol. The minimum absolute atomic E-state index is 0.169. The Bertz CT molecular complexity index is 426. The van der Waals surface area contributed by atoms with Crippen molar-refractivity contribution in [3.8, 4) is 6.07 Å². The van der Waals surface area contributed by atoms with Gasteiger partial charge in [-0.05, 0) is 19.0 Å². The van der Waals surface area contributed by atoms with E-state index in [1.807, 2.05) is 18.3 Å². The van der Waals surface area contributed by atoms with Crippen LogP contribution in [0.15, 0.2) is 24.5 Å². The first-order valence-corrected chi connectivity index (χ1v) is 7.07. The fourth-order valence-electron chi connectivity index (χ4n) is 2.80. The SMILES string of the molecule is CCC1CN(CC)CCN1C(C#N)c1cccnc1. The van der Waals surface area contributed by atoms with Crippen LogP contribution in [0, 0.1) is 11.3 Å². The predicted molar refractivity (Wildman–Crippen MR) is 75.5 cm³/mol. The minimum atomic E-state index is -0.169. The van der Waals surface area contributed by atoms with E-state index in [0.717, 1.165) is 38.2 Å². The highest BCUT2D eigenvalue weighted by molar-refractivity contribution is 5.21. The molecule has 2 unspecified atom stereocenters. The maximum atomic E-state index is 9.54. The van der Waals surface area contributed by atoms with Gasteiger partial charge in [0.15, 0.2) is 0 Å². The molecule has 1 aliphatic heterocycles. The summed E-state index contributed by atoms with van der Waals surface area (Å²) < 4.78 is 0. The van der Waals surface area contributed by atoms with Crippen LogP contribution in [0.2, 0.25) is 0 Å². The molecule has 0 N–H and O–H groups in total. The van der Waals surface area contributed by atoms with E-state index in [0.29, 0.717) is 6.04 Å². The second kappa shape index (κ2) is 6.65. The summed E-state index contributed by atoms with van der Waals surface area (Å²) in [4.78, 5) is 8.94. The summed E-state index contributed by atoms with van der Waals surface area (Å²) in [5.74, 6) is 0. The van der Waals surface area contributed by atoms with Crippen LogP contribution in [-0.2, 0) is 0 Å². The van der Waals surface area contributed by atoms with Crippen LogP contribution in [0.25, 0.3) is 0 Å². The standard InChI is InChI=1S/C15H22N4/c1-3-14-12-18(4-2)8-9-19(14)15(10-16)13-6-5-7-17-11-13/h5-7,11,14-15H,3-4,8-9,12H2,1-2H3. The molecule has 2 heterocycles. The summed E-state index contributed by atoms with van der Waals surface area (Å²) in [5, 5.41) is 9.54. The number of piperazine rings is 1. The Morgan fingerprint density at radius 1 is 1.47 bits per heavy atom. The lowest BCUT2D eigenvalue weighted by Gasteiger charge is -2.42. The molecule has 0 amide bonds. The smallest absolute Gasteiger partial charge is 0.125 e. The molecule has 0 spiro atoms. The molecular formula is C15H22N4. The van der Waals surface area contributed by atoms with Crippen molar-refractivity contribution in [2.75, 3.05) is 26.2 Å². The quantitative estimate of drug-likeness (QED) is 0.829. The summed E-state index contributed by atoms with van der Waals surface area (Å²) >= 11 is 0. The molecule has 1 aromatic rings. The average Bonchev–Trinajstić information content (AvgIpc) is 2.49. The van der Waals surface area contributed by atoms with Gasteiger partial charge in [-0.1, -0.05) is 19.9 Å². The van der Waals surface area contributed by atoms with Crippen LogP contribution >= 0.6 is 0 Å². The molecule has 102 valence electrons. The molecule has 19 heavy (non-hydrogen) atoms. The fourth-order valence-corrected chi connectivity index (χ4v) is 2.80. The number of aromatic nitrogens is 1. The lowest BCUT2D eigenvalue weighted by atomic mass is 10.0. The van der Waals surface area contributed by atoms with Crippen LogP contribution in [0.1, 0.15) is 31.9 Å². The number of hydrogen-bond acceptors (Lipinski definition) is 4. The molecular weight excluding hydrogens is 236 g/mol. The lowest BCUT2D eigenvalue weighted by Crippen LogP contribution is -2.53. The van der Waals surface area contributed by atoms with Gasteiger partial charge in [0.2, 0.25) is 0 Å². The van der Waals surface area contributed by atoms with Crippen LogP contribution in [0.5, 0.6) is 0 Å². The molecule has 2 rings (SSSR count). The first kappa shape index (κ1) is 14.0. The molecule has 0 aromatic carbocycles. The van der Waals surface area contributed by atoms with Crippen molar-refractivity contribution in [1.82, 2.24) is 14.8 Å². The van der Waals surface area contributed by atoms with E-state index in [2.05, 4.69) is 34.7 Å². The van der Waals surface area contributed by atoms with E-state index >= 15 is 0 Å². The maximum Gasteiger partial charge on any atom is 0.125 e. The maximum absolute atomic E-state index is 9.54. The van der Waals surface area contributed by atoms with Gasteiger partial charge in [0.05, 0.1) is 6.07 Å². The average molecular weight is 258 g/mol. The van der Waals surface area contributed by atoms with Crippen LogP contribution in [0.3, 0.4) is 0 Å². The van der Waals surface area contributed by atoms with Gasteiger partial charge >= 0.3 is 0 Å². The molecule has 1 aliphatic rings. The number of nitrogens with zero attached hydrogens (tertiary/aromatic N) is 4. The largest absolute Gasteiger partial charge is 0.301 e. The Labute approximate surface area is 115 Å². The van der Waals surface area contributed by atoms with Crippen LogP contribution < -0.4 is 0 Å². The topological polar surface area (TPSA) is 43.2 Å². The third-order valence-electron chi connectivity index (χ3n) is 3.98. The Balaban J connectivity index is 2.17. The van der Waals surface area contributed by atoms with E-state index in [4.69, 9.17) is 0 Å². The Morgan fingerprint density at radius 2 is 2.32 bits per heavy atom. The van der Waals surface area contributed by atoms with Gasteiger partial charge in [-0.25, -0.2) is 0 Å². The van der Waals surface area contributed by atoms with E-state index in [1.54, 1.807) is 6.20 Å². The Hall–Kier alpha value is -1.44. The zero-order chi connectivity index (χ0) is 13.7. The van der Waals surface area contributed by atoms with Gasteiger partial charge in [0, 0.05) is 43.6 Å². The number of rotatable bonds is 4. The summed E-state index contributed by atoms with van der Waals surface area (Å²) in [6.45, 7) is 8.56. The molecule has 0 saturated carbocycles. The number of hydrogen-bond donors (Lipinski definition) is 0. The minimum Gasteiger partial charge on any atom is -0.301 e. The highest BCUT2D eigenvalue weighted by Gasteiger charge is 2.31. The van der Waals surface area contributed by atoms with Crippen molar-refractivity contribution in [3.63, 3.8) is 0 Å². The number of nitriles is 1. The Kier molecular flexibility index (Phi) is 4.89. The number of pyridine rings is 1. The summed E-state index contributed by atoms with van der Waals surface area (Å²) in [7, 11) is 0. The molecule has 1 saturated heterocycles. The fraction of sp³-hybridized carbons (Fsp3) is 0.600. The lowest BCUT2D eigenvalue weighted by molar-refractivity contribution is 0.0568. The predicted octanol–water partition coefficient (Wildman–Crippen LogP) is 2.06.